The monoisotopic (exact) mass is 288 g/mol. The van der Waals surface area contributed by atoms with Crippen LogP contribution in [0.2, 0.25) is 0 Å². The fraction of sp³-hybridized carbons (Fsp3) is 1.00. The Hall–Kier alpha value is 0.190. The lowest BCUT2D eigenvalue weighted by molar-refractivity contribution is 0.553. The van der Waals surface area contributed by atoms with Crippen molar-refractivity contribution in [1.82, 2.24) is 0 Å². The lowest BCUT2D eigenvalue weighted by atomic mass is 10.3. The Morgan fingerprint density at radius 3 is 1.81 bits per heavy atom. The molecule has 7 heteroatoms. The summed E-state index contributed by atoms with van der Waals surface area (Å²) in [7, 11) is -1.62. The molecule has 0 spiro atoms. The molecule has 16 heavy (non-hydrogen) atoms. The molecule has 0 heterocycles. The van der Waals surface area contributed by atoms with E-state index in [1.165, 1.54) is 0 Å². The molecule has 0 radical (unpaired) electrons. The van der Waals surface area contributed by atoms with Crippen LogP contribution in [0, 0.1) is 0 Å². The molecule has 0 aliphatic heterocycles. The van der Waals surface area contributed by atoms with Crippen LogP contribution in [0.3, 0.4) is 0 Å². The molecule has 1 aliphatic rings. The van der Waals surface area contributed by atoms with Crippen molar-refractivity contribution in [3.63, 3.8) is 0 Å². The average Bonchev–Trinajstić information content (AvgIpc) is 2.77. The molecule has 1 rings (SSSR count). The first kappa shape index (κ1) is 14.3. The van der Waals surface area contributed by atoms with Gasteiger partial charge in [0.15, 0.2) is 9.84 Å². The number of sulfone groups is 1. The van der Waals surface area contributed by atoms with Gasteiger partial charge in [-0.3, -0.25) is 0 Å². The molecule has 0 atom stereocenters. The van der Waals surface area contributed by atoms with Gasteiger partial charge in [0.1, 0.15) is 0 Å². The van der Waals surface area contributed by atoms with E-state index in [-0.39, 0.29) is 12.2 Å². The van der Waals surface area contributed by atoms with Gasteiger partial charge >= 0.3 is 0 Å². The van der Waals surface area contributed by atoms with Gasteiger partial charge < -0.3 is 0 Å². The Bertz CT molecular complexity index is 466. The predicted octanol–water partition coefficient (Wildman–Crippen LogP) is 1.69. The second kappa shape index (κ2) is 3.85. The standard InChI is InChI=1S/C9H17ClO4S2/c1-8(2,3)15(11,12)7-6-9(4-5-9)16(10,13)14/h4-7H2,1-3H3. The molecule has 0 N–H and O–H groups in total. The van der Waals surface area contributed by atoms with Gasteiger partial charge in [-0.05, 0) is 40.0 Å². The van der Waals surface area contributed by atoms with Crippen molar-refractivity contribution >= 4 is 29.6 Å². The molecule has 4 nitrogen and oxygen atoms in total. The quantitative estimate of drug-likeness (QED) is 0.738. The molecule has 1 aliphatic carbocycles. The van der Waals surface area contributed by atoms with Crippen LogP contribution in [0.4, 0.5) is 0 Å². The second-order valence-corrected chi connectivity index (χ2v) is 11.1. The van der Waals surface area contributed by atoms with E-state index in [9.17, 15) is 16.8 Å². The lowest BCUT2D eigenvalue weighted by Crippen LogP contribution is -2.33. The number of halogens is 1. The summed E-state index contributed by atoms with van der Waals surface area (Å²) in [4.78, 5) is 0. The first-order chi connectivity index (χ1) is 6.91. The lowest BCUT2D eigenvalue weighted by Gasteiger charge is -2.20. The van der Waals surface area contributed by atoms with Crippen LogP contribution in [-0.2, 0) is 18.9 Å². The van der Waals surface area contributed by atoms with Gasteiger partial charge in [0, 0.05) is 10.7 Å². The normalized spacial score (nSPS) is 20.8. The summed E-state index contributed by atoms with van der Waals surface area (Å²) in [5, 5.41) is 0. The number of hydrogen-bond acceptors (Lipinski definition) is 4. The van der Waals surface area contributed by atoms with Crippen LogP contribution in [0.25, 0.3) is 0 Å². The second-order valence-electron chi connectivity index (χ2n) is 5.30. The Morgan fingerprint density at radius 1 is 1.12 bits per heavy atom. The zero-order chi connectivity index (χ0) is 12.8. The van der Waals surface area contributed by atoms with E-state index in [1.807, 2.05) is 0 Å². The summed E-state index contributed by atoms with van der Waals surface area (Å²) in [6.07, 6.45) is 1.05. The fourth-order valence-corrected chi connectivity index (χ4v) is 4.41. The Morgan fingerprint density at radius 2 is 1.56 bits per heavy atom. The molecule has 0 aromatic heterocycles. The highest BCUT2D eigenvalue weighted by atomic mass is 35.7. The smallest absolute Gasteiger partial charge is 0.228 e. The average molecular weight is 289 g/mol. The predicted molar refractivity (Wildman–Crippen MR) is 64.9 cm³/mol. The highest BCUT2D eigenvalue weighted by molar-refractivity contribution is 8.15. The van der Waals surface area contributed by atoms with Crippen LogP contribution < -0.4 is 0 Å². The number of rotatable bonds is 4. The van der Waals surface area contributed by atoms with Crippen molar-refractivity contribution in [3.05, 3.63) is 0 Å². The minimum atomic E-state index is -3.65. The van der Waals surface area contributed by atoms with E-state index in [2.05, 4.69) is 0 Å². The molecular formula is C9H17ClO4S2. The van der Waals surface area contributed by atoms with Gasteiger partial charge in [0.2, 0.25) is 9.05 Å². The molecule has 0 unspecified atom stereocenters. The van der Waals surface area contributed by atoms with Gasteiger partial charge in [0.05, 0.1) is 15.2 Å². The van der Waals surface area contributed by atoms with Crippen molar-refractivity contribution in [1.29, 1.82) is 0 Å². The van der Waals surface area contributed by atoms with Crippen molar-refractivity contribution < 1.29 is 16.8 Å². The summed E-state index contributed by atoms with van der Waals surface area (Å²) >= 11 is 0. The Labute approximate surface area is 102 Å². The number of hydrogen-bond donors (Lipinski definition) is 0. The molecule has 96 valence electrons. The summed E-state index contributed by atoms with van der Waals surface area (Å²) < 4.78 is 44.3. The third-order valence-corrected chi connectivity index (χ3v) is 8.32. The molecule has 0 bridgehead atoms. The van der Waals surface area contributed by atoms with E-state index in [0.29, 0.717) is 12.8 Å². The van der Waals surface area contributed by atoms with Crippen molar-refractivity contribution in [2.24, 2.45) is 0 Å². The minimum absolute atomic E-state index is 0.110. The van der Waals surface area contributed by atoms with Gasteiger partial charge in [-0.15, -0.1) is 0 Å². The zero-order valence-corrected chi connectivity index (χ0v) is 12.0. The molecular weight excluding hydrogens is 272 g/mol. The molecule has 0 aromatic carbocycles. The van der Waals surface area contributed by atoms with Crippen molar-refractivity contribution in [2.75, 3.05) is 5.75 Å². The minimum Gasteiger partial charge on any atom is -0.228 e. The van der Waals surface area contributed by atoms with Crippen molar-refractivity contribution in [3.8, 4) is 0 Å². The highest BCUT2D eigenvalue weighted by Crippen LogP contribution is 2.48. The van der Waals surface area contributed by atoms with Crippen LogP contribution >= 0.6 is 10.7 Å². The maximum Gasteiger partial charge on any atom is 0.238 e. The van der Waals surface area contributed by atoms with Gasteiger partial charge in [0.25, 0.3) is 0 Å². The first-order valence-electron chi connectivity index (χ1n) is 5.08. The summed E-state index contributed by atoms with van der Waals surface area (Å²) in [6.45, 7) is 4.82. The zero-order valence-electron chi connectivity index (χ0n) is 9.66. The van der Waals surface area contributed by atoms with Gasteiger partial charge in [-0.25, -0.2) is 16.8 Å². The largest absolute Gasteiger partial charge is 0.238 e. The summed E-state index contributed by atoms with van der Waals surface area (Å²) in [5.41, 5.74) is 0. The summed E-state index contributed by atoms with van der Waals surface area (Å²) in [5.74, 6) is -0.123. The molecule has 0 saturated heterocycles. The van der Waals surface area contributed by atoms with Crippen LogP contribution in [0.5, 0.6) is 0 Å². The molecule has 0 amide bonds. The topological polar surface area (TPSA) is 68.3 Å². The van der Waals surface area contributed by atoms with Gasteiger partial charge in [-0.2, -0.15) is 0 Å². The Balaban J connectivity index is 2.75. The third-order valence-electron chi connectivity index (χ3n) is 3.08. The highest BCUT2D eigenvalue weighted by Gasteiger charge is 2.54. The SMILES string of the molecule is CC(C)(C)S(=O)(=O)CCC1(S(=O)(=O)Cl)CC1. The maximum atomic E-state index is 11.8. The van der Waals surface area contributed by atoms with E-state index >= 15 is 0 Å². The van der Waals surface area contributed by atoms with Crippen LogP contribution in [0.15, 0.2) is 0 Å². The van der Waals surface area contributed by atoms with E-state index in [0.717, 1.165) is 0 Å². The fourth-order valence-electron chi connectivity index (χ4n) is 1.38. The van der Waals surface area contributed by atoms with Crippen LogP contribution in [0.1, 0.15) is 40.0 Å². The van der Waals surface area contributed by atoms with E-state index in [4.69, 9.17) is 10.7 Å². The maximum absolute atomic E-state index is 11.8. The first-order valence-corrected chi connectivity index (χ1v) is 9.04. The summed E-state index contributed by atoms with van der Waals surface area (Å²) in [6, 6.07) is 0. The van der Waals surface area contributed by atoms with E-state index in [1.54, 1.807) is 20.8 Å². The van der Waals surface area contributed by atoms with Gasteiger partial charge in [-0.1, -0.05) is 0 Å². The third kappa shape index (κ3) is 2.71. The Kier molecular flexibility index (Phi) is 3.43. The van der Waals surface area contributed by atoms with E-state index < -0.39 is 28.4 Å². The van der Waals surface area contributed by atoms with Crippen LogP contribution in [-0.4, -0.2) is 32.1 Å². The molecule has 1 saturated carbocycles. The molecule has 1 fully saturated rings. The van der Waals surface area contributed by atoms with Crippen molar-refractivity contribution in [2.45, 2.75) is 49.5 Å². The molecule has 0 aromatic rings.